The van der Waals surface area contributed by atoms with Crippen molar-refractivity contribution in [2.75, 3.05) is 34.8 Å². The van der Waals surface area contributed by atoms with Crippen LogP contribution in [0, 0.1) is 17.8 Å². The second-order valence-corrected chi connectivity index (χ2v) is 17.2. The number of aliphatic hydroxyl groups excluding tert-OH is 4. The number of esters is 1. The van der Waals surface area contributed by atoms with E-state index in [1.807, 2.05) is 18.9 Å². The zero-order valence-electron chi connectivity index (χ0n) is 34.5. The average Bonchev–Trinajstić information content (AvgIpc) is 3.06. The lowest BCUT2D eigenvalue weighted by atomic mass is 9.77. The molecule has 312 valence electrons. The van der Waals surface area contributed by atoms with E-state index < -0.39 is 114 Å². The summed E-state index contributed by atoms with van der Waals surface area (Å²) >= 11 is 0. The number of aliphatic hydroxyl groups is 6. The van der Waals surface area contributed by atoms with E-state index >= 15 is 0 Å². The summed E-state index contributed by atoms with van der Waals surface area (Å²) < 4.78 is 37.3. The predicted octanol–water partition coefficient (Wildman–Crippen LogP) is 0.872. The van der Waals surface area contributed by atoms with Crippen LogP contribution in [0.15, 0.2) is 0 Å². The lowest BCUT2D eigenvalue weighted by Gasteiger charge is -2.49. The molecular formula is C38H72N2O13. The highest BCUT2D eigenvalue weighted by molar-refractivity contribution is 5.73. The molecule has 0 unspecified atom stereocenters. The van der Waals surface area contributed by atoms with Gasteiger partial charge in [0.25, 0.3) is 0 Å². The molecule has 0 saturated carbocycles. The van der Waals surface area contributed by atoms with E-state index in [9.17, 15) is 35.4 Å². The molecule has 0 bridgehead atoms. The number of nitrogens with zero attached hydrogens (tertiary/aromatic N) is 2. The minimum absolute atomic E-state index is 0.103. The molecule has 15 nitrogen and oxygen atoms in total. The van der Waals surface area contributed by atoms with E-state index in [1.165, 1.54) is 14.0 Å². The van der Waals surface area contributed by atoms with E-state index in [1.54, 1.807) is 74.4 Å². The minimum atomic E-state index is -1.82. The maximum absolute atomic E-state index is 14.2. The third-order valence-electron chi connectivity index (χ3n) is 12.3. The van der Waals surface area contributed by atoms with Crippen molar-refractivity contribution in [1.82, 2.24) is 9.80 Å². The second-order valence-electron chi connectivity index (χ2n) is 17.2. The van der Waals surface area contributed by atoms with Gasteiger partial charge < -0.3 is 68.9 Å². The van der Waals surface area contributed by atoms with Crippen LogP contribution < -0.4 is 0 Å². The number of hydrogen-bond acceptors (Lipinski definition) is 15. The molecule has 0 spiro atoms. The Labute approximate surface area is 316 Å². The van der Waals surface area contributed by atoms with E-state index in [-0.39, 0.29) is 25.2 Å². The number of rotatable bonds is 7. The van der Waals surface area contributed by atoms with Gasteiger partial charge in [0.15, 0.2) is 12.6 Å². The molecular weight excluding hydrogens is 692 g/mol. The summed E-state index contributed by atoms with van der Waals surface area (Å²) in [4.78, 5) is 17.8. The van der Waals surface area contributed by atoms with Crippen LogP contribution in [-0.2, 0) is 33.2 Å². The summed E-state index contributed by atoms with van der Waals surface area (Å²) in [5, 5.41) is 69.1. The van der Waals surface area contributed by atoms with Crippen molar-refractivity contribution in [3.05, 3.63) is 0 Å². The number of cyclic esters (lactones) is 1. The first-order chi connectivity index (χ1) is 24.3. The molecule has 3 aliphatic rings. The Bertz CT molecular complexity index is 1180. The topological polar surface area (TPSA) is 200 Å². The highest BCUT2D eigenvalue weighted by atomic mass is 16.7. The van der Waals surface area contributed by atoms with E-state index in [4.69, 9.17) is 28.4 Å². The molecule has 15 heteroatoms. The molecule has 0 radical (unpaired) electrons. The molecule has 0 aromatic rings. The Morgan fingerprint density at radius 1 is 0.887 bits per heavy atom. The zero-order chi connectivity index (χ0) is 40.5. The van der Waals surface area contributed by atoms with Crippen LogP contribution in [0.2, 0.25) is 0 Å². The summed E-state index contributed by atoms with van der Waals surface area (Å²) in [6.07, 6.45) is -11.1. The highest BCUT2D eigenvalue weighted by Gasteiger charge is 2.53. The number of ether oxygens (including phenoxy) is 6. The van der Waals surface area contributed by atoms with Gasteiger partial charge in [-0.2, -0.15) is 0 Å². The molecule has 53 heavy (non-hydrogen) atoms. The summed E-state index contributed by atoms with van der Waals surface area (Å²) in [5.74, 6) is -2.78. The third-order valence-corrected chi connectivity index (χ3v) is 12.3. The van der Waals surface area contributed by atoms with Crippen molar-refractivity contribution in [3.8, 4) is 0 Å². The molecule has 0 amide bonds. The van der Waals surface area contributed by atoms with Crippen LogP contribution in [0.25, 0.3) is 0 Å². The van der Waals surface area contributed by atoms with Crippen molar-refractivity contribution < 1.29 is 63.9 Å². The minimum Gasteiger partial charge on any atom is -0.459 e. The number of carbonyl (C=O) groups excluding carboxylic acids is 1. The normalized spacial score (nSPS) is 50.3. The van der Waals surface area contributed by atoms with Gasteiger partial charge in [-0.3, -0.25) is 4.79 Å². The summed E-state index contributed by atoms with van der Waals surface area (Å²) in [7, 11) is 6.78. The molecule has 0 aromatic heterocycles. The molecule has 3 rings (SSSR count). The van der Waals surface area contributed by atoms with Crippen molar-refractivity contribution in [2.24, 2.45) is 17.8 Å². The summed E-state index contributed by atoms with van der Waals surface area (Å²) in [6, 6.07) is -1.31. The summed E-state index contributed by atoms with van der Waals surface area (Å²) in [6.45, 7) is 17.5. The molecule has 6 N–H and O–H groups in total. The molecule has 3 saturated heterocycles. The quantitative estimate of drug-likeness (QED) is 0.200. The maximum Gasteiger partial charge on any atom is 0.311 e. The average molecular weight is 765 g/mol. The van der Waals surface area contributed by atoms with Gasteiger partial charge in [-0.1, -0.05) is 20.8 Å². The van der Waals surface area contributed by atoms with Crippen LogP contribution in [0.4, 0.5) is 0 Å². The Morgan fingerprint density at radius 3 is 2.04 bits per heavy atom. The van der Waals surface area contributed by atoms with Gasteiger partial charge >= 0.3 is 5.97 Å². The van der Waals surface area contributed by atoms with Crippen LogP contribution >= 0.6 is 0 Å². The Morgan fingerprint density at radius 2 is 1.49 bits per heavy atom. The van der Waals surface area contributed by atoms with Crippen molar-refractivity contribution in [1.29, 1.82) is 0 Å². The second kappa shape index (κ2) is 18.0. The Kier molecular flexibility index (Phi) is 15.8. The fourth-order valence-corrected chi connectivity index (χ4v) is 8.82. The highest BCUT2D eigenvalue weighted by Crippen LogP contribution is 2.40. The van der Waals surface area contributed by atoms with E-state index in [0.29, 0.717) is 6.54 Å². The standard InChI is InChI=1S/C38H72N2O13/c1-15-25-38(10,47)31(43)22(5)40(13)18-19(2)16-36(8,46)33(53-35-29(42)27(39(11)12)28(41)23(6)50-35)20(3)30(21(4)34(45)51-25)52-26-17-37(9,48-14)32(44)24(7)49-26/h19-33,35,41-44,46-47H,15-18H2,1-14H3/t19-,20+,21-,22-,23-,24+,25-,26+,27+,28-,29-,30+,31-,32+,33-,35+,36-,37-,38-/m1/s1. The smallest absolute Gasteiger partial charge is 0.311 e. The van der Waals surface area contributed by atoms with Gasteiger partial charge in [0.05, 0.1) is 53.7 Å². The monoisotopic (exact) mass is 765 g/mol. The zero-order valence-corrected chi connectivity index (χ0v) is 34.5. The van der Waals surface area contributed by atoms with Crippen LogP contribution in [0.3, 0.4) is 0 Å². The SMILES string of the molecule is CC[C@H]1OC(=O)[C@H](C)[C@@H](O[C@H]2C[C@@](C)(OC)[C@@H](O)[C@H](C)O2)[C@H](C)[C@@H](O[C@@H]2O[C@H](C)[C@@H](O)[C@H](N(C)C)[C@H]2O)[C@](C)(O)C[C@@H](C)CN(C)[C@H](C)[C@@H](O)[C@]1(C)O. The van der Waals surface area contributed by atoms with Gasteiger partial charge in [0.1, 0.15) is 30.0 Å². The predicted molar refractivity (Wildman–Crippen MR) is 196 cm³/mol. The van der Waals surface area contributed by atoms with Crippen molar-refractivity contribution in [3.63, 3.8) is 0 Å². The number of likely N-dealkylation sites (N-methyl/N-ethyl adjacent to an activating group) is 2. The van der Waals surface area contributed by atoms with Gasteiger partial charge in [0, 0.05) is 32.0 Å². The third kappa shape index (κ3) is 10.1. The Balaban J connectivity index is 2.19. The van der Waals surface area contributed by atoms with E-state index in [2.05, 4.69) is 0 Å². The number of methoxy groups -OCH3 is 1. The van der Waals surface area contributed by atoms with Gasteiger partial charge in [-0.15, -0.1) is 0 Å². The largest absolute Gasteiger partial charge is 0.459 e. The first kappa shape index (κ1) is 46.3. The van der Waals surface area contributed by atoms with Crippen LogP contribution in [-0.4, -0.2) is 178 Å². The Hall–Kier alpha value is -1.05. The molecule has 3 heterocycles. The molecule has 19 atom stereocenters. The van der Waals surface area contributed by atoms with Crippen molar-refractivity contribution >= 4 is 5.97 Å². The number of hydrogen-bond donors (Lipinski definition) is 6. The van der Waals surface area contributed by atoms with Gasteiger partial charge in [-0.05, 0) is 88.4 Å². The number of carbonyl (C=O) groups is 1. The van der Waals surface area contributed by atoms with E-state index in [0.717, 1.165) is 0 Å². The van der Waals surface area contributed by atoms with Gasteiger partial charge in [-0.25, -0.2) is 0 Å². The molecule has 0 aliphatic carbocycles. The maximum atomic E-state index is 14.2. The summed E-state index contributed by atoms with van der Waals surface area (Å²) in [5.41, 5.74) is -4.50. The molecule has 0 aromatic carbocycles. The fourth-order valence-electron chi connectivity index (χ4n) is 8.82. The first-order valence-electron chi connectivity index (χ1n) is 19.3. The lowest BCUT2D eigenvalue weighted by molar-refractivity contribution is -0.327. The van der Waals surface area contributed by atoms with Crippen molar-refractivity contribution in [2.45, 2.75) is 185 Å². The fraction of sp³-hybridized carbons (Fsp3) is 0.974. The first-order valence-corrected chi connectivity index (χ1v) is 19.3. The molecule has 3 aliphatic heterocycles. The van der Waals surface area contributed by atoms with Crippen LogP contribution in [0.1, 0.15) is 88.5 Å². The molecule has 3 fully saturated rings. The van der Waals surface area contributed by atoms with Crippen LogP contribution in [0.5, 0.6) is 0 Å². The lowest BCUT2D eigenvalue weighted by Crippen LogP contribution is -2.64. The van der Waals surface area contributed by atoms with Gasteiger partial charge in [0.2, 0.25) is 0 Å².